The molecule has 2 aromatic rings. The average molecular weight is 408 g/mol. The van der Waals surface area contributed by atoms with Crippen LogP contribution in [-0.2, 0) is 12.7 Å². The minimum atomic E-state index is -4.36. The fourth-order valence-corrected chi connectivity index (χ4v) is 3.49. The zero-order chi connectivity index (χ0) is 20.7. The van der Waals surface area contributed by atoms with Crippen LogP contribution < -0.4 is 4.74 Å². The third kappa shape index (κ3) is 7.03. The Morgan fingerprint density at radius 1 is 0.897 bits per heavy atom. The van der Waals surface area contributed by atoms with Gasteiger partial charge in [0, 0.05) is 26.2 Å². The van der Waals surface area contributed by atoms with E-state index in [2.05, 4.69) is 21.9 Å². The maximum absolute atomic E-state index is 12.6. The van der Waals surface area contributed by atoms with E-state index in [9.17, 15) is 18.3 Å². The monoisotopic (exact) mass is 408 g/mol. The highest BCUT2D eigenvalue weighted by molar-refractivity contribution is 5.28. The Bertz CT molecular complexity index is 738. The van der Waals surface area contributed by atoms with Gasteiger partial charge in [0.2, 0.25) is 0 Å². The Labute approximate surface area is 169 Å². The summed E-state index contributed by atoms with van der Waals surface area (Å²) < 4.78 is 43.2. The topological polar surface area (TPSA) is 35.9 Å². The summed E-state index contributed by atoms with van der Waals surface area (Å²) in [6, 6.07) is 14.9. The van der Waals surface area contributed by atoms with Gasteiger partial charge < -0.3 is 9.84 Å². The summed E-state index contributed by atoms with van der Waals surface area (Å²) in [6.45, 7) is 5.18. The lowest BCUT2D eigenvalue weighted by Crippen LogP contribution is -2.38. The van der Waals surface area contributed by atoms with Gasteiger partial charge in [-0.1, -0.05) is 30.3 Å². The van der Waals surface area contributed by atoms with Gasteiger partial charge in [-0.3, -0.25) is 9.80 Å². The van der Waals surface area contributed by atoms with Crippen molar-refractivity contribution in [2.75, 3.05) is 39.3 Å². The Hall–Kier alpha value is -2.09. The van der Waals surface area contributed by atoms with Crippen molar-refractivity contribution < 1.29 is 23.0 Å². The summed E-state index contributed by atoms with van der Waals surface area (Å²) in [5, 5.41) is 10.3. The highest BCUT2D eigenvalue weighted by Gasteiger charge is 2.30. The van der Waals surface area contributed by atoms with Gasteiger partial charge in [-0.05, 0) is 49.3 Å². The van der Waals surface area contributed by atoms with Crippen LogP contribution in [0.4, 0.5) is 13.2 Å². The van der Waals surface area contributed by atoms with Crippen LogP contribution >= 0.6 is 0 Å². The second-order valence-corrected chi connectivity index (χ2v) is 7.40. The van der Waals surface area contributed by atoms with Crippen molar-refractivity contribution in [1.82, 2.24) is 9.80 Å². The molecule has 0 bridgehead atoms. The molecule has 4 nitrogen and oxygen atoms in total. The van der Waals surface area contributed by atoms with Gasteiger partial charge in [-0.25, -0.2) is 0 Å². The number of nitrogens with zero attached hydrogens (tertiary/aromatic N) is 2. The normalized spacial score (nSPS) is 17.7. The molecular weight excluding hydrogens is 381 g/mol. The number of ether oxygens (including phenoxy) is 1. The SMILES string of the molecule is O[C@@H](COc1ccc(C(F)(F)F)cc1)CN1CCCN(Cc2ccccc2)CC1. The van der Waals surface area contributed by atoms with Gasteiger partial charge in [0.25, 0.3) is 0 Å². The van der Waals surface area contributed by atoms with E-state index >= 15 is 0 Å². The molecule has 1 saturated heterocycles. The number of benzene rings is 2. The Balaban J connectivity index is 1.40. The zero-order valence-electron chi connectivity index (χ0n) is 16.3. The molecule has 0 aromatic heterocycles. The number of β-amino-alcohol motifs (C(OH)–C–C–N with tert-alkyl or cyclic N) is 1. The fourth-order valence-electron chi connectivity index (χ4n) is 3.49. The van der Waals surface area contributed by atoms with Gasteiger partial charge in [0.05, 0.1) is 5.56 Å². The molecule has 1 N–H and O–H groups in total. The lowest BCUT2D eigenvalue weighted by atomic mass is 10.2. The first kappa shape index (κ1) is 21.6. The van der Waals surface area contributed by atoms with Crippen molar-refractivity contribution in [3.8, 4) is 5.75 Å². The van der Waals surface area contributed by atoms with E-state index in [1.165, 1.54) is 17.7 Å². The zero-order valence-corrected chi connectivity index (χ0v) is 16.3. The van der Waals surface area contributed by atoms with Crippen molar-refractivity contribution in [3.63, 3.8) is 0 Å². The number of hydrogen-bond acceptors (Lipinski definition) is 4. The van der Waals surface area contributed by atoms with Gasteiger partial charge >= 0.3 is 6.18 Å². The van der Waals surface area contributed by atoms with Gasteiger partial charge in [0.15, 0.2) is 0 Å². The Morgan fingerprint density at radius 3 is 2.24 bits per heavy atom. The fraction of sp³-hybridized carbons (Fsp3) is 0.455. The summed E-state index contributed by atoms with van der Waals surface area (Å²) in [4.78, 5) is 4.63. The van der Waals surface area contributed by atoms with E-state index < -0.39 is 17.8 Å². The van der Waals surface area contributed by atoms with Crippen LogP contribution in [0.15, 0.2) is 54.6 Å². The maximum Gasteiger partial charge on any atom is 0.416 e. The first-order chi connectivity index (χ1) is 13.9. The molecule has 3 rings (SSSR count). The van der Waals surface area contributed by atoms with Crippen molar-refractivity contribution in [3.05, 3.63) is 65.7 Å². The molecule has 1 heterocycles. The number of halogens is 3. The highest BCUT2D eigenvalue weighted by atomic mass is 19.4. The Morgan fingerprint density at radius 2 is 1.55 bits per heavy atom. The number of rotatable bonds is 7. The summed E-state index contributed by atoms with van der Waals surface area (Å²) >= 11 is 0. The van der Waals surface area contributed by atoms with Gasteiger partial charge in [-0.15, -0.1) is 0 Å². The minimum absolute atomic E-state index is 0.0512. The van der Waals surface area contributed by atoms with Crippen LogP contribution in [0.25, 0.3) is 0 Å². The Kier molecular flexibility index (Phi) is 7.52. The second kappa shape index (κ2) is 10.1. The van der Waals surface area contributed by atoms with Crippen LogP contribution in [-0.4, -0.2) is 60.3 Å². The predicted molar refractivity (Wildman–Crippen MR) is 106 cm³/mol. The number of aliphatic hydroxyl groups excluding tert-OH is 1. The molecule has 1 atom stereocenters. The quantitative estimate of drug-likeness (QED) is 0.759. The van der Waals surface area contributed by atoms with Gasteiger partial charge in [-0.2, -0.15) is 13.2 Å². The summed E-state index contributed by atoms with van der Waals surface area (Å²) in [5.41, 5.74) is 0.584. The minimum Gasteiger partial charge on any atom is -0.491 e. The molecule has 7 heteroatoms. The molecule has 1 aliphatic rings. The van der Waals surface area contributed by atoms with Crippen molar-refractivity contribution in [2.45, 2.75) is 25.2 Å². The van der Waals surface area contributed by atoms with E-state index in [-0.39, 0.29) is 6.61 Å². The largest absolute Gasteiger partial charge is 0.491 e. The van der Waals surface area contributed by atoms with Crippen LogP contribution in [0.1, 0.15) is 17.5 Å². The summed E-state index contributed by atoms with van der Waals surface area (Å²) in [5.74, 6) is 0.321. The van der Waals surface area contributed by atoms with Crippen molar-refractivity contribution in [2.24, 2.45) is 0 Å². The van der Waals surface area contributed by atoms with Crippen molar-refractivity contribution in [1.29, 1.82) is 0 Å². The average Bonchev–Trinajstić information content (AvgIpc) is 2.92. The van der Waals surface area contributed by atoms with E-state index in [1.54, 1.807) is 0 Å². The number of alkyl halides is 3. The summed E-state index contributed by atoms with van der Waals surface area (Å²) in [6.07, 6.45) is -4.03. The standard InChI is InChI=1S/C22H27F3N2O2/c23-22(24,25)19-7-9-21(10-8-19)29-17-20(28)16-27-12-4-11-26(13-14-27)15-18-5-2-1-3-6-18/h1-3,5-10,20,28H,4,11-17H2/t20-/m1/s1. The van der Waals surface area contributed by atoms with Crippen LogP contribution in [0.3, 0.4) is 0 Å². The molecule has 0 amide bonds. The van der Waals surface area contributed by atoms with E-state index in [0.29, 0.717) is 12.3 Å². The third-order valence-corrected chi connectivity index (χ3v) is 5.02. The molecule has 0 radical (unpaired) electrons. The van der Waals surface area contributed by atoms with Crippen LogP contribution in [0.5, 0.6) is 5.75 Å². The lowest BCUT2D eigenvalue weighted by molar-refractivity contribution is -0.137. The first-order valence-electron chi connectivity index (χ1n) is 9.87. The molecule has 1 fully saturated rings. The van der Waals surface area contributed by atoms with Crippen LogP contribution in [0.2, 0.25) is 0 Å². The molecular formula is C22H27F3N2O2. The highest BCUT2D eigenvalue weighted by Crippen LogP contribution is 2.30. The molecule has 0 saturated carbocycles. The van der Waals surface area contributed by atoms with E-state index in [0.717, 1.165) is 51.3 Å². The predicted octanol–water partition coefficient (Wildman–Crippen LogP) is 3.65. The number of hydrogen-bond donors (Lipinski definition) is 1. The third-order valence-electron chi connectivity index (χ3n) is 5.02. The molecule has 1 aliphatic heterocycles. The summed E-state index contributed by atoms with van der Waals surface area (Å²) in [7, 11) is 0. The first-order valence-corrected chi connectivity index (χ1v) is 9.87. The molecule has 2 aromatic carbocycles. The molecule has 0 spiro atoms. The maximum atomic E-state index is 12.6. The molecule has 29 heavy (non-hydrogen) atoms. The van der Waals surface area contributed by atoms with Crippen LogP contribution in [0, 0.1) is 0 Å². The van der Waals surface area contributed by atoms with E-state index in [1.807, 2.05) is 18.2 Å². The number of aliphatic hydroxyl groups is 1. The van der Waals surface area contributed by atoms with Gasteiger partial charge in [0.1, 0.15) is 18.5 Å². The second-order valence-electron chi connectivity index (χ2n) is 7.40. The molecule has 158 valence electrons. The van der Waals surface area contributed by atoms with Crippen molar-refractivity contribution >= 4 is 0 Å². The molecule has 0 aliphatic carbocycles. The van der Waals surface area contributed by atoms with E-state index in [4.69, 9.17) is 4.74 Å². The smallest absolute Gasteiger partial charge is 0.416 e. The lowest BCUT2D eigenvalue weighted by Gasteiger charge is -2.24. The molecule has 0 unspecified atom stereocenters.